The molecule has 0 aliphatic carbocycles. The molecular formula is C13H18O2S. The SMILES string of the molecule is CCCOc1ccccc1C(=O)CCSC. The number of hydrogen-bond acceptors (Lipinski definition) is 3. The van der Waals surface area contributed by atoms with Gasteiger partial charge in [0.1, 0.15) is 5.75 Å². The van der Waals surface area contributed by atoms with Crippen LogP contribution in [0.1, 0.15) is 30.1 Å². The van der Waals surface area contributed by atoms with Gasteiger partial charge in [0.2, 0.25) is 0 Å². The molecule has 1 aromatic carbocycles. The summed E-state index contributed by atoms with van der Waals surface area (Å²) < 4.78 is 5.56. The van der Waals surface area contributed by atoms with Crippen molar-refractivity contribution in [1.82, 2.24) is 0 Å². The van der Waals surface area contributed by atoms with Gasteiger partial charge in [-0.25, -0.2) is 0 Å². The Bertz CT molecular complexity index is 336. The number of benzene rings is 1. The number of hydrogen-bond donors (Lipinski definition) is 0. The Morgan fingerprint density at radius 2 is 2.12 bits per heavy atom. The first-order valence-electron chi connectivity index (χ1n) is 5.53. The highest BCUT2D eigenvalue weighted by Crippen LogP contribution is 2.20. The predicted molar refractivity (Wildman–Crippen MR) is 69.6 cm³/mol. The average molecular weight is 238 g/mol. The third-order valence-electron chi connectivity index (χ3n) is 2.18. The third kappa shape index (κ3) is 3.89. The Labute approximate surface area is 101 Å². The van der Waals surface area contributed by atoms with Crippen LogP contribution in [0.5, 0.6) is 5.75 Å². The lowest BCUT2D eigenvalue weighted by Gasteiger charge is -2.09. The van der Waals surface area contributed by atoms with Gasteiger partial charge in [-0.05, 0) is 24.8 Å². The maximum absolute atomic E-state index is 11.9. The van der Waals surface area contributed by atoms with E-state index in [4.69, 9.17) is 4.74 Å². The van der Waals surface area contributed by atoms with Crippen molar-refractivity contribution in [1.29, 1.82) is 0 Å². The molecule has 0 radical (unpaired) electrons. The lowest BCUT2D eigenvalue weighted by Crippen LogP contribution is -2.05. The minimum Gasteiger partial charge on any atom is -0.493 e. The second kappa shape index (κ2) is 7.34. The Balaban J connectivity index is 2.73. The van der Waals surface area contributed by atoms with Gasteiger partial charge in [0.05, 0.1) is 12.2 Å². The smallest absolute Gasteiger partial charge is 0.167 e. The number of para-hydroxylation sites is 1. The summed E-state index contributed by atoms with van der Waals surface area (Å²) in [4.78, 5) is 11.9. The summed E-state index contributed by atoms with van der Waals surface area (Å²) in [6.45, 7) is 2.71. The van der Waals surface area contributed by atoms with Crippen molar-refractivity contribution in [2.24, 2.45) is 0 Å². The Morgan fingerprint density at radius 1 is 1.38 bits per heavy atom. The molecule has 0 amide bonds. The van der Waals surface area contributed by atoms with Gasteiger partial charge in [-0.15, -0.1) is 0 Å². The maximum Gasteiger partial charge on any atom is 0.167 e. The van der Waals surface area contributed by atoms with E-state index in [1.54, 1.807) is 11.8 Å². The molecule has 0 saturated carbocycles. The fourth-order valence-corrected chi connectivity index (χ4v) is 1.75. The van der Waals surface area contributed by atoms with Crippen LogP contribution in [0.4, 0.5) is 0 Å². The highest BCUT2D eigenvalue weighted by atomic mass is 32.2. The van der Waals surface area contributed by atoms with Gasteiger partial charge >= 0.3 is 0 Å². The topological polar surface area (TPSA) is 26.3 Å². The maximum atomic E-state index is 11.9. The van der Waals surface area contributed by atoms with Crippen molar-refractivity contribution in [2.75, 3.05) is 18.6 Å². The molecule has 0 bridgehead atoms. The van der Waals surface area contributed by atoms with Crippen LogP contribution in [0.2, 0.25) is 0 Å². The van der Waals surface area contributed by atoms with E-state index in [1.807, 2.05) is 30.5 Å². The van der Waals surface area contributed by atoms with Gasteiger partial charge in [0.25, 0.3) is 0 Å². The molecule has 0 N–H and O–H groups in total. The van der Waals surface area contributed by atoms with Crippen LogP contribution in [0.15, 0.2) is 24.3 Å². The van der Waals surface area contributed by atoms with E-state index in [0.717, 1.165) is 17.9 Å². The first-order chi connectivity index (χ1) is 7.79. The van der Waals surface area contributed by atoms with E-state index >= 15 is 0 Å². The van der Waals surface area contributed by atoms with Gasteiger partial charge in [-0.2, -0.15) is 11.8 Å². The van der Waals surface area contributed by atoms with E-state index in [9.17, 15) is 4.79 Å². The summed E-state index contributed by atoms with van der Waals surface area (Å²) in [5.74, 6) is 1.75. The summed E-state index contributed by atoms with van der Waals surface area (Å²) in [6, 6.07) is 7.48. The van der Waals surface area contributed by atoms with E-state index in [1.165, 1.54) is 0 Å². The molecule has 16 heavy (non-hydrogen) atoms. The third-order valence-corrected chi connectivity index (χ3v) is 2.79. The quantitative estimate of drug-likeness (QED) is 0.681. The molecular weight excluding hydrogens is 220 g/mol. The zero-order valence-electron chi connectivity index (χ0n) is 9.86. The van der Waals surface area contributed by atoms with Crippen LogP contribution < -0.4 is 4.74 Å². The number of ketones is 1. The first-order valence-corrected chi connectivity index (χ1v) is 6.93. The van der Waals surface area contributed by atoms with E-state index in [0.29, 0.717) is 18.6 Å². The summed E-state index contributed by atoms with van der Waals surface area (Å²) >= 11 is 1.69. The monoisotopic (exact) mass is 238 g/mol. The first kappa shape index (κ1) is 13.1. The number of rotatable bonds is 7. The van der Waals surface area contributed by atoms with Crippen molar-refractivity contribution >= 4 is 17.5 Å². The van der Waals surface area contributed by atoms with Crippen molar-refractivity contribution < 1.29 is 9.53 Å². The molecule has 2 nitrogen and oxygen atoms in total. The van der Waals surface area contributed by atoms with Crippen molar-refractivity contribution in [3.8, 4) is 5.75 Å². The Hall–Kier alpha value is -0.960. The van der Waals surface area contributed by atoms with Gasteiger partial charge < -0.3 is 4.74 Å². The molecule has 1 aromatic rings. The lowest BCUT2D eigenvalue weighted by molar-refractivity contribution is 0.0985. The molecule has 0 fully saturated rings. The standard InChI is InChI=1S/C13H18O2S/c1-3-9-15-13-7-5-4-6-11(13)12(14)8-10-16-2/h4-7H,3,8-10H2,1-2H3. The second-order valence-corrected chi connectivity index (χ2v) is 4.50. The van der Waals surface area contributed by atoms with Crippen molar-refractivity contribution in [3.63, 3.8) is 0 Å². The molecule has 0 aliphatic rings. The molecule has 88 valence electrons. The number of Topliss-reactive ketones (excluding diaryl/α,β-unsaturated/α-hetero) is 1. The van der Waals surface area contributed by atoms with Crippen LogP contribution in [0.3, 0.4) is 0 Å². The Kier molecular flexibility index (Phi) is 6.01. The van der Waals surface area contributed by atoms with Gasteiger partial charge in [0, 0.05) is 12.2 Å². The van der Waals surface area contributed by atoms with Gasteiger partial charge in [0.15, 0.2) is 5.78 Å². The zero-order chi connectivity index (χ0) is 11.8. The van der Waals surface area contributed by atoms with Crippen LogP contribution in [-0.4, -0.2) is 24.4 Å². The van der Waals surface area contributed by atoms with E-state index in [-0.39, 0.29) is 5.78 Å². The molecule has 0 unspecified atom stereocenters. The summed E-state index contributed by atoms with van der Waals surface area (Å²) in [5.41, 5.74) is 0.713. The average Bonchev–Trinajstić information content (AvgIpc) is 2.33. The minimum absolute atomic E-state index is 0.168. The molecule has 1 rings (SSSR count). The molecule has 0 aromatic heterocycles. The van der Waals surface area contributed by atoms with Crippen LogP contribution in [0, 0.1) is 0 Å². The van der Waals surface area contributed by atoms with Gasteiger partial charge in [-0.1, -0.05) is 19.1 Å². The predicted octanol–water partition coefficient (Wildman–Crippen LogP) is 3.41. The van der Waals surface area contributed by atoms with E-state index < -0.39 is 0 Å². The molecule has 0 atom stereocenters. The van der Waals surface area contributed by atoms with Crippen LogP contribution >= 0.6 is 11.8 Å². The lowest BCUT2D eigenvalue weighted by atomic mass is 10.1. The fraction of sp³-hybridized carbons (Fsp3) is 0.462. The fourth-order valence-electron chi connectivity index (χ4n) is 1.36. The number of carbonyl (C=O) groups excluding carboxylic acids is 1. The summed E-state index contributed by atoms with van der Waals surface area (Å²) in [6.07, 6.45) is 3.54. The second-order valence-electron chi connectivity index (χ2n) is 3.51. The minimum atomic E-state index is 0.168. The van der Waals surface area contributed by atoms with Crippen molar-refractivity contribution in [2.45, 2.75) is 19.8 Å². The number of thioether (sulfide) groups is 1. The van der Waals surface area contributed by atoms with Crippen molar-refractivity contribution in [3.05, 3.63) is 29.8 Å². The van der Waals surface area contributed by atoms with Gasteiger partial charge in [-0.3, -0.25) is 4.79 Å². The summed E-state index contributed by atoms with van der Waals surface area (Å²) in [5, 5.41) is 0. The molecule has 0 aliphatic heterocycles. The molecule has 0 saturated heterocycles. The highest BCUT2D eigenvalue weighted by molar-refractivity contribution is 7.98. The molecule has 0 heterocycles. The highest BCUT2D eigenvalue weighted by Gasteiger charge is 2.10. The largest absolute Gasteiger partial charge is 0.493 e. The summed E-state index contributed by atoms with van der Waals surface area (Å²) in [7, 11) is 0. The van der Waals surface area contributed by atoms with E-state index in [2.05, 4.69) is 6.92 Å². The normalized spacial score (nSPS) is 10.1. The molecule has 0 spiro atoms. The van der Waals surface area contributed by atoms with Crippen LogP contribution in [0.25, 0.3) is 0 Å². The van der Waals surface area contributed by atoms with Crippen LogP contribution in [-0.2, 0) is 0 Å². The molecule has 3 heteroatoms. The number of ether oxygens (including phenoxy) is 1. The number of carbonyl (C=O) groups is 1. The Morgan fingerprint density at radius 3 is 2.81 bits per heavy atom. The zero-order valence-corrected chi connectivity index (χ0v) is 10.7.